The maximum atomic E-state index is 12.2. The Labute approximate surface area is 128 Å². The highest BCUT2D eigenvalue weighted by molar-refractivity contribution is 5.93. The Hall–Kier alpha value is -2.34. The SMILES string of the molecule is CC1(C)CC(NC(=O)c2cc(-c3ccccc3O)n[nH]2)CO1. The van der Waals surface area contributed by atoms with Crippen LogP contribution in [0.15, 0.2) is 30.3 Å². The van der Waals surface area contributed by atoms with E-state index >= 15 is 0 Å². The van der Waals surface area contributed by atoms with Crippen LogP contribution in [0.3, 0.4) is 0 Å². The number of nitrogens with one attached hydrogen (secondary N) is 2. The summed E-state index contributed by atoms with van der Waals surface area (Å²) in [6.45, 7) is 4.52. The van der Waals surface area contributed by atoms with Crippen molar-refractivity contribution in [2.75, 3.05) is 6.61 Å². The van der Waals surface area contributed by atoms with E-state index in [1.54, 1.807) is 30.3 Å². The van der Waals surface area contributed by atoms with Crippen molar-refractivity contribution in [2.24, 2.45) is 0 Å². The number of carbonyl (C=O) groups excluding carboxylic acids is 1. The van der Waals surface area contributed by atoms with Crippen LogP contribution in [-0.4, -0.2) is 39.5 Å². The summed E-state index contributed by atoms with van der Waals surface area (Å²) in [4.78, 5) is 12.2. The molecule has 116 valence electrons. The average Bonchev–Trinajstić information content (AvgIpc) is 3.06. The van der Waals surface area contributed by atoms with Gasteiger partial charge in [0, 0.05) is 5.56 Å². The second kappa shape index (κ2) is 5.46. The van der Waals surface area contributed by atoms with Crippen LogP contribution < -0.4 is 5.32 Å². The smallest absolute Gasteiger partial charge is 0.269 e. The fourth-order valence-electron chi connectivity index (χ4n) is 2.66. The molecule has 1 fully saturated rings. The van der Waals surface area contributed by atoms with Gasteiger partial charge in [-0.05, 0) is 38.5 Å². The lowest BCUT2D eigenvalue weighted by molar-refractivity contribution is 0.0355. The summed E-state index contributed by atoms with van der Waals surface area (Å²) in [5.74, 6) is -0.0904. The lowest BCUT2D eigenvalue weighted by atomic mass is 10.0. The second-order valence-corrected chi connectivity index (χ2v) is 6.13. The molecule has 1 atom stereocenters. The number of phenolic OH excluding ortho intramolecular Hbond substituents is 1. The van der Waals surface area contributed by atoms with Gasteiger partial charge in [0.15, 0.2) is 0 Å². The van der Waals surface area contributed by atoms with Gasteiger partial charge in [-0.3, -0.25) is 9.89 Å². The monoisotopic (exact) mass is 301 g/mol. The maximum Gasteiger partial charge on any atom is 0.269 e. The predicted octanol–water partition coefficient (Wildman–Crippen LogP) is 2.08. The maximum absolute atomic E-state index is 12.2. The van der Waals surface area contributed by atoms with Crippen LogP contribution in [0.4, 0.5) is 0 Å². The number of H-pyrrole nitrogens is 1. The minimum atomic E-state index is -0.222. The van der Waals surface area contributed by atoms with Gasteiger partial charge in [-0.25, -0.2) is 0 Å². The van der Waals surface area contributed by atoms with E-state index in [0.29, 0.717) is 23.6 Å². The van der Waals surface area contributed by atoms with Crippen molar-refractivity contribution in [1.29, 1.82) is 0 Å². The molecule has 0 bridgehead atoms. The lowest BCUT2D eigenvalue weighted by Crippen LogP contribution is -2.36. The number of nitrogens with zero attached hydrogens (tertiary/aromatic N) is 1. The molecule has 2 aromatic rings. The first-order valence-corrected chi connectivity index (χ1v) is 7.23. The molecule has 1 unspecified atom stereocenters. The zero-order chi connectivity index (χ0) is 15.7. The number of carbonyl (C=O) groups is 1. The van der Waals surface area contributed by atoms with Crippen molar-refractivity contribution < 1.29 is 14.6 Å². The Bertz CT molecular complexity index is 693. The second-order valence-electron chi connectivity index (χ2n) is 6.13. The molecular weight excluding hydrogens is 282 g/mol. The van der Waals surface area contributed by atoms with Crippen LogP contribution in [-0.2, 0) is 4.74 Å². The van der Waals surface area contributed by atoms with Gasteiger partial charge in [-0.15, -0.1) is 0 Å². The summed E-state index contributed by atoms with van der Waals surface area (Å²) < 4.78 is 5.61. The van der Waals surface area contributed by atoms with Crippen LogP contribution in [0.25, 0.3) is 11.3 Å². The largest absolute Gasteiger partial charge is 0.507 e. The Kier molecular flexibility index (Phi) is 3.62. The molecule has 0 saturated carbocycles. The lowest BCUT2D eigenvalue weighted by Gasteiger charge is -2.15. The van der Waals surface area contributed by atoms with Gasteiger partial charge in [0.05, 0.1) is 23.9 Å². The Morgan fingerprint density at radius 2 is 2.23 bits per heavy atom. The van der Waals surface area contributed by atoms with E-state index in [0.717, 1.165) is 6.42 Å². The molecule has 1 saturated heterocycles. The van der Waals surface area contributed by atoms with Crippen LogP contribution in [0.2, 0.25) is 0 Å². The first-order chi connectivity index (χ1) is 10.4. The van der Waals surface area contributed by atoms with Crippen molar-refractivity contribution in [3.8, 4) is 17.0 Å². The minimum Gasteiger partial charge on any atom is -0.507 e. The third-order valence-corrected chi connectivity index (χ3v) is 3.75. The Balaban J connectivity index is 1.71. The molecule has 0 spiro atoms. The molecule has 1 aliphatic heterocycles. The van der Waals surface area contributed by atoms with Crippen molar-refractivity contribution in [2.45, 2.75) is 31.9 Å². The van der Waals surface area contributed by atoms with E-state index in [2.05, 4.69) is 15.5 Å². The molecule has 1 aromatic heterocycles. The molecule has 0 aliphatic carbocycles. The average molecular weight is 301 g/mol. The summed E-state index contributed by atoms with van der Waals surface area (Å²) in [6, 6.07) is 8.51. The van der Waals surface area contributed by atoms with E-state index in [1.807, 2.05) is 13.8 Å². The first kappa shape index (κ1) is 14.6. The van der Waals surface area contributed by atoms with E-state index in [9.17, 15) is 9.90 Å². The molecule has 3 N–H and O–H groups in total. The summed E-state index contributed by atoms with van der Waals surface area (Å²) >= 11 is 0. The van der Waals surface area contributed by atoms with Gasteiger partial charge in [0.25, 0.3) is 5.91 Å². The number of aromatic nitrogens is 2. The standard InChI is InChI=1S/C16H19N3O3/c1-16(2)8-10(9-22-16)17-15(21)13-7-12(18-19-13)11-5-3-4-6-14(11)20/h3-7,10,20H,8-9H2,1-2H3,(H,17,21)(H,18,19). The Morgan fingerprint density at radius 1 is 1.45 bits per heavy atom. The molecule has 1 aliphatic rings. The van der Waals surface area contributed by atoms with Gasteiger partial charge in [-0.2, -0.15) is 5.10 Å². The normalized spacial score (nSPS) is 20.0. The summed E-state index contributed by atoms with van der Waals surface area (Å²) in [6.07, 6.45) is 0.777. The van der Waals surface area contributed by atoms with E-state index in [-0.39, 0.29) is 23.3 Å². The number of phenols is 1. The molecule has 6 nitrogen and oxygen atoms in total. The van der Waals surface area contributed by atoms with Crippen molar-refractivity contribution in [3.63, 3.8) is 0 Å². The molecule has 22 heavy (non-hydrogen) atoms. The molecule has 0 radical (unpaired) electrons. The minimum absolute atomic E-state index is 0.000576. The topological polar surface area (TPSA) is 87.2 Å². The molecular formula is C16H19N3O3. The third-order valence-electron chi connectivity index (χ3n) is 3.75. The van der Waals surface area contributed by atoms with Crippen molar-refractivity contribution in [3.05, 3.63) is 36.0 Å². The van der Waals surface area contributed by atoms with Crippen molar-refractivity contribution >= 4 is 5.91 Å². The number of hydrogen-bond acceptors (Lipinski definition) is 4. The first-order valence-electron chi connectivity index (χ1n) is 7.23. The molecule has 3 rings (SSSR count). The Morgan fingerprint density at radius 3 is 2.91 bits per heavy atom. The molecule has 6 heteroatoms. The number of rotatable bonds is 3. The number of hydrogen-bond donors (Lipinski definition) is 3. The van der Waals surface area contributed by atoms with Crippen LogP contribution >= 0.6 is 0 Å². The molecule has 1 aromatic carbocycles. The quantitative estimate of drug-likeness (QED) is 0.810. The summed E-state index contributed by atoms with van der Waals surface area (Å²) in [5.41, 5.74) is 1.28. The number of para-hydroxylation sites is 1. The number of aromatic hydroxyl groups is 1. The zero-order valence-corrected chi connectivity index (χ0v) is 12.6. The highest BCUT2D eigenvalue weighted by Crippen LogP contribution is 2.27. The number of benzene rings is 1. The van der Waals surface area contributed by atoms with E-state index in [4.69, 9.17) is 4.74 Å². The van der Waals surface area contributed by atoms with Gasteiger partial charge in [0.2, 0.25) is 0 Å². The van der Waals surface area contributed by atoms with Gasteiger partial charge >= 0.3 is 0 Å². The van der Waals surface area contributed by atoms with Gasteiger partial charge < -0.3 is 15.2 Å². The highest BCUT2D eigenvalue weighted by Gasteiger charge is 2.33. The number of aromatic amines is 1. The zero-order valence-electron chi connectivity index (χ0n) is 12.6. The van der Waals surface area contributed by atoms with Crippen LogP contribution in [0.1, 0.15) is 30.8 Å². The number of amides is 1. The van der Waals surface area contributed by atoms with E-state index in [1.165, 1.54) is 0 Å². The van der Waals surface area contributed by atoms with E-state index < -0.39 is 0 Å². The molecule has 1 amide bonds. The number of ether oxygens (including phenoxy) is 1. The highest BCUT2D eigenvalue weighted by atomic mass is 16.5. The summed E-state index contributed by atoms with van der Waals surface area (Å²) in [7, 11) is 0. The fraction of sp³-hybridized carbons (Fsp3) is 0.375. The van der Waals surface area contributed by atoms with Crippen LogP contribution in [0.5, 0.6) is 5.75 Å². The predicted molar refractivity (Wildman–Crippen MR) is 81.6 cm³/mol. The van der Waals surface area contributed by atoms with Gasteiger partial charge in [-0.1, -0.05) is 12.1 Å². The summed E-state index contributed by atoms with van der Waals surface area (Å²) in [5, 5.41) is 19.6. The third kappa shape index (κ3) is 2.96. The van der Waals surface area contributed by atoms with Crippen molar-refractivity contribution in [1.82, 2.24) is 15.5 Å². The fourth-order valence-corrected chi connectivity index (χ4v) is 2.66. The molecule has 2 heterocycles. The van der Waals surface area contributed by atoms with Gasteiger partial charge in [0.1, 0.15) is 11.4 Å². The van der Waals surface area contributed by atoms with Crippen LogP contribution in [0, 0.1) is 0 Å².